The molecule has 1 aromatic heterocycles. The number of fused-ring (bicyclic) bond motifs is 7. The van der Waals surface area contributed by atoms with Crippen LogP contribution in [-0.4, -0.2) is 11.3 Å². The number of nitrogens with zero attached hydrogens (tertiary/aromatic N) is 4. The molecule has 0 bridgehead atoms. The van der Waals surface area contributed by atoms with Crippen LogP contribution in [0.4, 0.5) is 34.1 Å². The summed E-state index contributed by atoms with van der Waals surface area (Å²) >= 11 is 0. The second kappa shape index (κ2) is 23.4. The molecular weight excluding hydrogens is 1180 g/mol. The van der Waals surface area contributed by atoms with Crippen molar-refractivity contribution in [2.24, 2.45) is 0 Å². The highest BCUT2D eigenvalue weighted by Crippen LogP contribution is 2.51. The third-order valence-corrected chi connectivity index (χ3v) is 19.9. The monoisotopic (exact) mass is 1280 g/mol. The zero-order valence-electron chi connectivity index (χ0n) is 70.7. The molecule has 0 radical (unpaired) electrons. The Morgan fingerprint density at radius 2 is 0.816 bits per heavy atom. The molecule has 0 amide bonds. The Balaban J connectivity index is 1.10. The predicted octanol–water partition coefficient (Wildman–Crippen LogP) is 23.6. The smallest absolute Gasteiger partial charge is 0.252 e. The van der Waals surface area contributed by atoms with Crippen LogP contribution in [0.3, 0.4) is 0 Å². The number of anilines is 6. The molecule has 0 fully saturated rings. The minimum absolute atomic E-state index is 0.0131. The fourth-order valence-electron chi connectivity index (χ4n) is 14.2. The van der Waals surface area contributed by atoms with Crippen LogP contribution in [0.15, 0.2) is 255 Å². The van der Waals surface area contributed by atoms with Crippen molar-refractivity contribution in [1.82, 2.24) is 4.57 Å². The molecule has 2 aliphatic heterocycles. The molecule has 3 heterocycles. The van der Waals surface area contributed by atoms with Gasteiger partial charge in [-0.2, -0.15) is 5.26 Å². The lowest BCUT2D eigenvalue weighted by Gasteiger charge is -2.45. The molecule has 0 atom stereocenters. The van der Waals surface area contributed by atoms with Crippen molar-refractivity contribution in [3.63, 3.8) is 0 Å². The maximum atomic E-state index is 11.7. The van der Waals surface area contributed by atoms with E-state index < -0.39 is 95.8 Å². The third-order valence-electron chi connectivity index (χ3n) is 19.9. The Morgan fingerprint density at radius 3 is 1.37 bits per heavy atom. The fourth-order valence-corrected chi connectivity index (χ4v) is 14.2. The van der Waals surface area contributed by atoms with Gasteiger partial charge in [-0.1, -0.05) is 292 Å². The molecule has 0 unspecified atom stereocenters. The van der Waals surface area contributed by atoms with Crippen LogP contribution in [0.1, 0.15) is 154 Å². The van der Waals surface area contributed by atoms with Crippen LogP contribution in [0, 0.1) is 11.3 Å². The van der Waals surface area contributed by atoms with Crippen molar-refractivity contribution in [1.29, 1.82) is 5.26 Å². The summed E-state index contributed by atoms with van der Waals surface area (Å²) in [5, 5.41) is 11.3. The largest absolute Gasteiger partial charge is 0.311 e. The Bertz CT molecular complexity index is 6030. The van der Waals surface area contributed by atoms with Gasteiger partial charge in [0.05, 0.1) is 44.4 Å². The van der Waals surface area contributed by atoms with Crippen molar-refractivity contribution in [3.8, 4) is 67.4 Å². The van der Waals surface area contributed by atoms with E-state index in [0.717, 1.165) is 94.9 Å². The molecule has 482 valence electrons. The molecule has 0 N–H and O–H groups in total. The van der Waals surface area contributed by atoms with E-state index in [4.69, 9.17) is 5.48 Å². The van der Waals surface area contributed by atoms with E-state index in [1.54, 1.807) is 12.1 Å². The van der Waals surface area contributed by atoms with Crippen molar-refractivity contribution in [2.45, 2.75) is 131 Å². The number of rotatable bonds is 8. The van der Waals surface area contributed by atoms with E-state index in [0.29, 0.717) is 5.69 Å². The summed E-state index contributed by atoms with van der Waals surface area (Å²) in [5.74, 6) is 0. The van der Waals surface area contributed by atoms with E-state index in [2.05, 4.69) is 271 Å². The molecule has 2 aliphatic rings. The van der Waals surface area contributed by atoms with E-state index in [-0.39, 0.29) is 54.7 Å². The first-order valence-electron chi connectivity index (χ1n) is 40.0. The molecule has 0 saturated carbocycles. The van der Waals surface area contributed by atoms with Crippen LogP contribution in [0.5, 0.6) is 0 Å². The number of hydrogen-bond acceptors (Lipinski definition) is 3. The summed E-state index contributed by atoms with van der Waals surface area (Å²) in [7, 11) is 0. The summed E-state index contributed by atoms with van der Waals surface area (Å²) in [4.78, 5) is 4.72. The minimum Gasteiger partial charge on any atom is -0.311 e. The predicted molar refractivity (Wildman–Crippen MR) is 420 cm³/mol. The molecule has 98 heavy (non-hydrogen) atoms. The summed E-state index contributed by atoms with van der Waals surface area (Å²) in [6.07, 6.45) is 0. The molecule has 4 nitrogen and oxygen atoms in total. The number of aromatic nitrogens is 1. The Morgan fingerprint density at radius 1 is 0.337 bits per heavy atom. The second-order valence-corrected chi connectivity index (χ2v) is 31.7. The molecule has 12 aromatic carbocycles. The SMILES string of the molecule is [2H]c1c([2H])c([2H])c(-c2c([2H])c([2H])c3c4c([2H])c([2H])c([2H])c([2H])c4n(-c4cc(N5c6cc(-c7cc(C(C)(C)C)cc(C(C)(C)C)c7)ccc6B6c7ccc(-c8cc(C(C)(C)C)cc(C(C)(C)C)c8)cc7N(c7ccc(-c8ccccc8)cc7-c7ccccc7)c7cc(C(C)(C)C)cc5c76)ccc4C#N)c3c2[2H])c([2H])c1[2H]. The number of nitriles is 1. The van der Waals surface area contributed by atoms with Crippen molar-refractivity contribution >= 4 is 79.0 Å². The molecule has 15 rings (SSSR count). The van der Waals surface area contributed by atoms with Gasteiger partial charge in [-0.15, -0.1) is 0 Å². The van der Waals surface area contributed by atoms with Gasteiger partial charge in [0, 0.05) is 44.8 Å². The van der Waals surface area contributed by atoms with Crippen LogP contribution in [0.2, 0.25) is 0 Å². The van der Waals surface area contributed by atoms with Gasteiger partial charge < -0.3 is 14.4 Å². The zero-order valence-corrected chi connectivity index (χ0v) is 58.7. The lowest BCUT2D eigenvalue weighted by Crippen LogP contribution is -2.61. The summed E-state index contributed by atoms with van der Waals surface area (Å²) in [6.45, 7) is 33.2. The van der Waals surface area contributed by atoms with Crippen LogP contribution < -0.4 is 26.2 Å². The third kappa shape index (κ3) is 11.2. The average Bonchev–Trinajstić information content (AvgIpc) is 1.09. The normalized spacial score (nSPS) is 14.9. The number of hydrogen-bond donors (Lipinski definition) is 0. The second-order valence-electron chi connectivity index (χ2n) is 31.7. The van der Waals surface area contributed by atoms with Crippen molar-refractivity contribution in [3.05, 3.63) is 288 Å². The van der Waals surface area contributed by atoms with Gasteiger partial charge in [0.2, 0.25) is 0 Å². The van der Waals surface area contributed by atoms with Gasteiger partial charge >= 0.3 is 0 Å². The van der Waals surface area contributed by atoms with Crippen LogP contribution in [-0.2, 0) is 27.1 Å². The van der Waals surface area contributed by atoms with Gasteiger partial charge in [-0.25, -0.2) is 0 Å². The van der Waals surface area contributed by atoms with E-state index in [9.17, 15) is 16.2 Å². The van der Waals surface area contributed by atoms with E-state index >= 15 is 0 Å². The number of para-hydroxylation sites is 1. The first-order valence-corrected chi connectivity index (χ1v) is 34.0. The first-order chi connectivity index (χ1) is 51.7. The van der Waals surface area contributed by atoms with Gasteiger partial charge in [0.1, 0.15) is 6.07 Å². The topological polar surface area (TPSA) is 35.2 Å². The molecule has 0 saturated heterocycles. The maximum Gasteiger partial charge on any atom is 0.252 e. The minimum atomic E-state index is -0.724. The molecule has 5 heteroatoms. The summed E-state index contributed by atoms with van der Waals surface area (Å²) in [5.41, 5.74) is 19.4. The molecular formula is C93H87BN4. The van der Waals surface area contributed by atoms with Gasteiger partial charge in [-0.05, 0) is 188 Å². The van der Waals surface area contributed by atoms with Crippen molar-refractivity contribution < 1.29 is 16.4 Å². The Hall–Kier alpha value is -10.4. The zero-order chi connectivity index (χ0) is 79.0. The Kier molecular flexibility index (Phi) is 12.2. The highest BCUT2D eigenvalue weighted by atomic mass is 15.2. The quantitative estimate of drug-likeness (QED) is 0.142. The van der Waals surface area contributed by atoms with E-state index in [1.165, 1.54) is 26.8 Å². The van der Waals surface area contributed by atoms with Crippen molar-refractivity contribution in [2.75, 3.05) is 9.80 Å². The van der Waals surface area contributed by atoms with Gasteiger partial charge in [-0.3, -0.25) is 0 Å². The fraction of sp³-hybridized carbons (Fsp3) is 0.215. The standard InChI is InChI=1S/C93H87BN4/c1-89(2,3)69-45-67(46-70(53-69)90(4,5)6)64-37-42-78-84(51-64)96(74-40-35-66(58-95)82(57-74)97-80-34-26-25-33-75(80)76-41-36-63(50-83(76)97)60-29-21-17-22-30-60)86-55-73(93(13,14)15)56-87-88(86)94(78)79-43-38-65(68-47-71(91(7,8)9)54-72(48-68)92(10,11)12)52-85(79)98(87)81-44-39-62(59-27-19-16-20-28-59)49-77(81)61-31-23-18-24-32-61/h16-57H,1-15H3/i17D,21D,22D,25D,26D,29D,30D,33D,34D,36D,41D,50D. The lowest BCUT2D eigenvalue weighted by molar-refractivity contribution is 0.568. The summed E-state index contributed by atoms with van der Waals surface area (Å²) in [6, 6.07) is 60.0. The lowest BCUT2D eigenvalue weighted by atomic mass is 9.33. The average molecular weight is 1280 g/mol. The first kappa shape index (κ1) is 50.9. The molecule has 13 aromatic rings. The van der Waals surface area contributed by atoms with Crippen LogP contribution >= 0.6 is 0 Å². The number of benzene rings is 12. The maximum absolute atomic E-state index is 11.7. The summed E-state index contributed by atoms with van der Waals surface area (Å²) < 4.78 is 113. The molecule has 0 aliphatic carbocycles. The van der Waals surface area contributed by atoms with Crippen LogP contribution in [0.25, 0.3) is 83.1 Å². The highest BCUT2D eigenvalue weighted by Gasteiger charge is 2.45. The van der Waals surface area contributed by atoms with E-state index in [1.807, 2.05) is 18.2 Å². The Labute approximate surface area is 598 Å². The van der Waals surface area contributed by atoms with Gasteiger partial charge in [0.15, 0.2) is 0 Å². The van der Waals surface area contributed by atoms with Gasteiger partial charge in [0.25, 0.3) is 6.71 Å². The highest BCUT2D eigenvalue weighted by molar-refractivity contribution is 7.00. The molecule has 0 spiro atoms.